The standard InChI is InChI=1S/C15H17ClN2O/c1-2-10-17-11-13-4-3-5-15(18-13)19-14-8-6-12(16)7-9-14/h3-9,17H,2,10-11H2,1H3. The van der Waals surface area contributed by atoms with Gasteiger partial charge in [0.05, 0.1) is 5.69 Å². The van der Waals surface area contributed by atoms with Crippen molar-refractivity contribution >= 4 is 11.6 Å². The maximum absolute atomic E-state index is 5.83. The molecule has 1 heterocycles. The summed E-state index contributed by atoms with van der Waals surface area (Å²) in [6.45, 7) is 3.89. The van der Waals surface area contributed by atoms with Crippen LogP contribution in [0.2, 0.25) is 5.02 Å². The van der Waals surface area contributed by atoms with Gasteiger partial charge in [-0.1, -0.05) is 24.6 Å². The highest BCUT2D eigenvalue weighted by molar-refractivity contribution is 6.30. The maximum atomic E-state index is 5.83. The second kappa shape index (κ2) is 7.12. The molecule has 0 fully saturated rings. The number of halogens is 1. The monoisotopic (exact) mass is 276 g/mol. The van der Waals surface area contributed by atoms with Crippen LogP contribution in [-0.4, -0.2) is 11.5 Å². The van der Waals surface area contributed by atoms with Crippen molar-refractivity contribution in [3.8, 4) is 11.6 Å². The summed E-state index contributed by atoms with van der Waals surface area (Å²) < 4.78 is 5.68. The number of nitrogens with zero attached hydrogens (tertiary/aromatic N) is 1. The second-order valence-corrected chi connectivity index (χ2v) is 4.64. The molecular weight excluding hydrogens is 260 g/mol. The molecule has 0 aliphatic heterocycles. The van der Waals surface area contributed by atoms with E-state index in [1.54, 1.807) is 12.1 Å². The Balaban J connectivity index is 2.00. The molecule has 0 bridgehead atoms. The number of nitrogens with one attached hydrogen (secondary N) is 1. The largest absolute Gasteiger partial charge is 0.439 e. The van der Waals surface area contributed by atoms with E-state index >= 15 is 0 Å². The van der Waals surface area contributed by atoms with Crippen LogP contribution in [0, 0.1) is 0 Å². The average Bonchev–Trinajstić information content (AvgIpc) is 2.42. The summed E-state index contributed by atoms with van der Waals surface area (Å²) in [6, 6.07) is 13.0. The van der Waals surface area contributed by atoms with Crippen LogP contribution in [0.1, 0.15) is 19.0 Å². The molecule has 1 aromatic carbocycles. The van der Waals surface area contributed by atoms with Crippen LogP contribution in [-0.2, 0) is 6.54 Å². The van der Waals surface area contributed by atoms with Crippen molar-refractivity contribution in [2.75, 3.05) is 6.54 Å². The molecule has 3 nitrogen and oxygen atoms in total. The molecular formula is C15H17ClN2O. The Bertz CT molecular complexity index is 514. The summed E-state index contributed by atoms with van der Waals surface area (Å²) in [7, 11) is 0. The summed E-state index contributed by atoms with van der Waals surface area (Å²) in [4.78, 5) is 4.44. The molecule has 0 spiro atoms. The Morgan fingerprint density at radius 2 is 1.95 bits per heavy atom. The summed E-state index contributed by atoms with van der Waals surface area (Å²) in [5.74, 6) is 1.33. The van der Waals surface area contributed by atoms with E-state index in [1.165, 1.54) is 0 Å². The zero-order valence-corrected chi connectivity index (χ0v) is 11.7. The first-order valence-electron chi connectivity index (χ1n) is 6.38. The molecule has 0 saturated carbocycles. The zero-order chi connectivity index (χ0) is 13.5. The molecule has 100 valence electrons. The molecule has 0 radical (unpaired) electrons. The maximum Gasteiger partial charge on any atom is 0.219 e. The summed E-state index contributed by atoms with van der Waals surface area (Å²) >= 11 is 5.83. The molecule has 2 aromatic rings. The number of rotatable bonds is 6. The summed E-state index contributed by atoms with van der Waals surface area (Å²) in [5.41, 5.74) is 0.972. The smallest absolute Gasteiger partial charge is 0.219 e. The Labute approximate surface area is 118 Å². The van der Waals surface area contributed by atoms with Gasteiger partial charge in [-0.05, 0) is 43.3 Å². The summed E-state index contributed by atoms with van der Waals surface area (Å²) in [5, 5.41) is 4.01. The number of aromatic nitrogens is 1. The zero-order valence-electron chi connectivity index (χ0n) is 10.9. The van der Waals surface area contributed by atoms with Crippen LogP contribution in [0.4, 0.5) is 0 Å². The molecule has 19 heavy (non-hydrogen) atoms. The lowest BCUT2D eigenvalue weighted by Gasteiger charge is -2.07. The van der Waals surface area contributed by atoms with Gasteiger partial charge in [-0.2, -0.15) is 0 Å². The van der Waals surface area contributed by atoms with Crippen LogP contribution in [0.15, 0.2) is 42.5 Å². The molecule has 0 saturated heterocycles. The molecule has 1 aromatic heterocycles. The molecule has 0 aliphatic rings. The highest BCUT2D eigenvalue weighted by atomic mass is 35.5. The van der Waals surface area contributed by atoms with Crippen LogP contribution >= 0.6 is 11.6 Å². The van der Waals surface area contributed by atoms with E-state index in [9.17, 15) is 0 Å². The molecule has 0 unspecified atom stereocenters. The number of hydrogen-bond acceptors (Lipinski definition) is 3. The number of ether oxygens (including phenoxy) is 1. The fourth-order valence-electron chi connectivity index (χ4n) is 1.63. The lowest BCUT2D eigenvalue weighted by atomic mass is 10.3. The predicted molar refractivity (Wildman–Crippen MR) is 77.8 cm³/mol. The Hall–Kier alpha value is -1.58. The summed E-state index contributed by atoms with van der Waals surface area (Å²) in [6.07, 6.45) is 1.11. The van der Waals surface area contributed by atoms with E-state index in [-0.39, 0.29) is 0 Å². The fourth-order valence-corrected chi connectivity index (χ4v) is 1.76. The Kier molecular flexibility index (Phi) is 5.19. The quantitative estimate of drug-likeness (QED) is 0.809. The van der Waals surface area contributed by atoms with Gasteiger partial charge in [-0.3, -0.25) is 0 Å². The van der Waals surface area contributed by atoms with Crippen molar-refractivity contribution in [3.63, 3.8) is 0 Å². The second-order valence-electron chi connectivity index (χ2n) is 4.20. The molecule has 1 N–H and O–H groups in total. The third-order valence-electron chi connectivity index (χ3n) is 2.55. The average molecular weight is 277 g/mol. The van der Waals surface area contributed by atoms with E-state index in [1.807, 2.05) is 30.3 Å². The van der Waals surface area contributed by atoms with Gasteiger partial charge in [-0.15, -0.1) is 0 Å². The van der Waals surface area contributed by atoms with Crippen molar-refractivity contribution in [3.05, 3.63) is 53.2 Å². The van der Waals surface area contributed by atoms with Crippen LogP contribution < -0.4 is 10.1 Å². The topological polar surface area (TPSA) is 34.1 Å². The lowest BCUT2D eigenvalue weighted by Crippen LogP contribution is -2.14. The van der Waals surface area contributed by atoms with Gasteiger partial charge in [0.1, 0.15) is 5.75 Å². The van der Waals surface area contributed by atoms with Gasteiger partial charge in [0, 0.05) is 17.6 Å². The molecule has 0 amide bonds. The van der Waals surface area contributed by atoms with Gasteiger partial charge < -0.3 is 10.1 Å². The van der Waals surface area contributed by atoms with E-state index in [0.29, 0.717) is 10.9 Å². The van der Waals surface area contributed by atoms with Crippen LogP contribution in [0.3, 0.4) is 0 Å². The minimum atomic E-state index is 0.595. The van der Waals surface area contributed by atoms with Gasteiger partial charge in [0.2, 0.25) is 5.88 Å². The highest BCUT2D eigenvalue weighted by Crippen LogP contribution is 2.21. The van der Waals surface area contributed by atoms with Gasteiger partial charge >= 0.3 is 0 Å². The normalized spacial score (nSPS) is 10.4. The Morgan fingerprint density at radius 3 is 2.68 bits per heavy atom. The highest BCUT2D eigenvalue weighted by Gasteiger charge is 2.00. The Morgan fingerprint density at radius 1 is 1.16 bits per heavy atom. The van der Waals surface area contributed by atoms with Crippen molar-refractivity contribution in [1.29, 1.82) is 0 Å². The van der Waals surface area contributed by atoms with Crippen molar-refractivity contribution in [1.82, 2.24) is 10.3 Å². The SMILES string of the molecule is CCCNCc1cccc(Oc2ccc(Cl)cc2)n1. The van der Waals surface area contributed by atoms with E-state index in [0.717, 1.165) is 31.0 Å². The molecule has 2 rings (SSSR count). The first-order chi connectivity index (χ1) is 9.28. The van der Waals surface area contributed by atoms with Gasteiger partial charge in [0.25, 0.3) is 0 Å². The number of benzene rings is 1. The fraction of sp³-hybridized carbons (Fsp3) is 0.267. The third kappa shape index (κ3) is 4.54. The van der Waals surface area contributed by atoms with Gasteiger partial charge in [0.15, 0.2) is 0 Å². The van der Waals surface area contributed by atoms with Crippen molar-refractivity contribution in [2.45, 2.75) is 19.9 Å². The van der Waals surface area contributed by atoms with E-state index < -0.39 is 0 Å². The van der Waals surface area contributed by atoms with Crippen LogP contribution in [0.25, 0.3) is 0 Å². The molecule has 4 heteroatoms. The third-order valence-corrected chi connectivity index (χ3v) is 2.80. The van der Waals surface area contributed by atoms with Crippen molar-refractivity contribution < 1.29 is 4.74 Å². The minimum absolute atomic E-state index is 0.595. The van der Waals surface area contributed by atoms with Crippen molar-refractivity contribution in [2.24, 2.45) is 0 Å². The van der Waals surface area contributed by atoms with Gasteiger partial charge in [-0.25, -0.2) is 4.98 Å². The molecule has 0 atom stereocenters. The lowest BCUT2D eigenvalue weighted by molar-refractivity contribution is 0.459. The first kappa shape index (κ1) is 13.8. The van der Waals surface area contributed by atoms with E-state index in [4.69, 9.17) is 16.3 Å². The minimum Gasteiger partial charge on any atom is -0.439 e. The number of pyridine rings is 1. The molecule has 0 aliphatic carbocycles. The predicted octanol–water partition coefficient (Wildman–Crippen LogP) is 4.03. The van der Waals surface area contributed by atoms with Crippen LogP contribution in [0.5, 0.6) is 11.6 Å². The first-order valence-corrected chi connectivity index (χ1v) is 6.76. The number of hydrogen-bond donors (Lipinski definition) is 1. The van der Waals surface area contributed by atoms with E-state index in [2.05, 4.69) is 17.2 Å².